The highest BCUT2D eigenvalue weighted by atomic mass is 79.9. The van der Waals surface area contributed by atoms with Crippen LogP contribution in [0.1, 0.15) is 0 Å². The molecule has 0 saturated carbocycles. The molecule has 0 atom stereocenters. The van der Waals surface area contributed by atoms with Crippen LogP contribution in [0.3, 0.4) is 0 Å². The molecule has 0 amide bonds. The maximum atomic E-state index is 11.7. The SMILES string of the molecule is FCCOCCOCCOCCOCCOCCOCCBr. The van der Waals surface area contributed by atoms with Gasteiger partial charge < -0.3 is 28.4 Å². The van der Waals surface area contributed by atoms with Gasteiger partial charge in [-0.1, -0.05) is 15.9 Å². The van der Waals surface area contributed by atoms with Gasteiger partial charge in [-0.3, -0.25) is 0 Å². The molecule has 0 aliphatic heterocycles. The third-order valence-corrected chi connectivity index (χ3v) is 2.63. The summed E-state index contributed by atoms with van der Waals surface area (Å²) in [5, 5.41) is 0.841. The van der Waals surface area contributed by atoms with Gasteiger partial charge in [0.15, 0.2) is 0 Å². The zero-order chi connectivity index (χ0) is 16.1. The van der Waals surface area contributed by atoms with E-state index in [1.54, 1.807) is 0 Å². The lowest BCUT2D eigenvalue weighted by Crippen LogP contribution is -2.14. The Bertz CT molecular complexity index is 182. The van der Waals surface area contributed by atoms with Gasteiger partial charge in [0.1, 0.15) is 6.67 Å². The molecule has 6 nitrogen and oxygen atoms in total. The van der Waals surface area contributed by atoms with Crippen LogP contribution in [0.15, 0.2) is 0 Å². The van der Waals surface area contributed by atoms with Gasteiger partial charge in [0.25, 0.3) is 0 Å². The standard InChI is InChI=1S/C14H28BrFO6/c15-1-3-17-5-7-19-9-11-21-13-14-22-12-10-20-8-6-18-4-2-16/h1-14H2. The van der Waals surface area contributed by atoms with Crippen molar-refractivity contribution in [2.45, 2.75) is 0 Å². The Balaban J connectivity index is 2.91. The Hall–Kier alpha value is 0.170. The molecule has 0 aliphatic carbocycles. The Morgan fingerprint density at radius 1 is 0.455 bits per heavy atom. The van der Waals surface area contributed by atoms with E-state index in [0.717, 1.165) is 5.33 Å². The van der Waals surface area contributed by atoms with E-state index in [-0.39, 0.29) is 6.61 Å². The summed E-state index contributed by atoms with van der Waals surface area (Å²) in [5.41, 5.74) is 0. The second-order valence-electron chi connectivity index (χ2n) is 4.05. The van der Waals surface area contributed by atoms with Crippen molar-refractivity contribution in [1.29, 1.82) is 0 Å². The molecule has 0 heterocycles. The first-order valence-electron chi connectivity index (χ1n) is 7.50. The summed E-state index contributed by atoms with van der Waals surface area (Å²) in [4.78, 5) is 0. The highest BCUT2D eigenvalue weighted by molar-refractivity contribution is 9.09. The number of hydrogen-bond donors (Lipinski definition) is 0. The summed E-state index contributed by atoms with van der Waals surface area (Å²) >= 11 is 3.28. The van der Waals surface area contributed by atoms with Crippen LogP contribution in [-0.4, -0.2) is 91.3 Å². The van der Waals surface area contributed by atoms with Crippen LogP contribution in [0.25, 0.3) is 0 Å². The molecule has 0 unspecified atom stereocenters. The van der Waals surface area contributed by atoms with Crippen molar-refractivity contribution in [2.75, 3.05) is 91.3 Å². The molecule has 0 aromatic rings. The maximum Gasteiger partial charge on any atom is 0.113 e. The van der Waals surface area contributed by atoms with E-state index in [0.29, 0.717) is 72.7 Å². The second kappa shape index (κ2) is 21.2. The fourth-order valence-electron chi connectivity index (χ4n) is 1.31. The quantitative estimate of drug-likeness (QED) is 0.246. The number of halogens is 2. The van der Waals surface area contributed by atoms with Crippen LogP contribution in [0.4, 0.5) is 4.39 Å². The first kappa shape index (κ1) is 22.2. The normalized spacial score (nSPS) is 11.2. The molecule has 0 saturated heterocycles. The summed E-state index contributed by atoms with van der Waals surface area (Å²) in [5.74, 6) is 0. The summed E-state index contributed by atoms with van der Waals surface area (Å²) in [6.45, 7) is 5.58. The van der Waals surface area contributed by atoms with Crippen LogP contribution >= 0.6 is 15.9 Å². The Labute approximate surface area is 140 Å². The molecule has 0 fully saturated rings. The summed E-state index contributed by atoms with van der Waals surface area (Å²) in [6, 6.07) is 0. The van der Waals surface area contributed by atoms with Crippen LogP contribution in [0.5, 0.6) is 0 Å². The molecule has 0 aromatic carbocycles. The monoisotopic (exact) mass is 390 g/mol. The van der Waals surface area contributed by atoms with Gasteiger partial charge in [-0.2, -0.15) is 0 Å². The Kier molecular flexibility index (Phi) is 21.3. The smallest absolute Gasteiger partial charge is 0.113 e. The topological polar surface area (TPSA) is 55.4 Å². The lowest BCUT2D eigenvalue weighted by molar-refractivity contribution is -0.0165. The zero-order valence-electron chi connectivity index (χ0n) is 13.1. The van der Waals surface area contributed by atoms with Crippen molar-refractivity contribution < 1.29 is 32.8 Å². The van der Waals surface area contributed by atoms with E-state index in [2.05, 4.69) is 15.9 Å². The fourth-order valence-corrected chi connectivity index (χ4v) is 1.54. The molecule has 22 heavy (non-hydrogen) atoms. The van der Waals surface area contributed by atoms with Crippen molar-refractivity contribution >= 4 is 15.9 Å². The molecule has 0 radical (unpaired) electrons. The molecule has 0 bridgehead atoms. The van der Waals surface area contributed by atoms with Crippen LogP contribution < -0.4 is 0 Å². The van der Waals surface area contributed by atoms with Crippen molar-refractivity contribution in [3.63, 3.8) is 0 Å². The minimum Gasteiger partial charge on any atom is -0.378 e. The van der Waals surface area contributed by atoms with E-state index < -0.39 is 6.67 Å². The summed E-state index contributed by atoms with van der Waals surface area (Å²) in [6.07, 6.45) is 0. The van der Waals surface area contributed by atoms with Crippen molar-refractivity contribution in [2.24, 2.45) is 0 Å². The van der Waals surface area contributed by atoms with Gasteiger partial charge in [-0.15, -0.1) is 0 Å². The van der Waals surface area contributed by atoms with Gasteiger partial charge in [0.2, 0.25) is 0 Å². The lowest BCUT2D eigenvalue weighted by atomic mass is 10.7. The number of hydrogen-bond acceptors (Lipinski definition) is 6. The predicted molar refractivity (Wildman–Crippen MR) is 84.7 cm³/mol. The van der Waals surface area contributed by atoms with Crippen LogP contribution in [-0.2, 0) is 28.4 Å². The molecular weight excluding hydrogens is 363 g/mol. The predicted octanol–water partition coefficient (Wildman–Crippen LogP) is 1.45. The first-order valence-corrected chi connectivity index (χ1v) is 8.62. The van der Waals surface area contributed by atoms with Crippen molar-refractivity contribution in [1.82, 2.24) is 0 Å². The lowest BCUT2D eigenvalue weighted by Gasteiger charge is -2.07. The van der Waals surface area contributed by atoms with Crippen LogP contribution in [0.2, 0.25) is 0 Å². The van der Waals surface area contributed by atoms with Crippen molar-refractivity contribution in [3.8, 4) is 0 Å². The average molecular weight is 391 g/mol. The summed E-state index contributed by atoms with van der Waals surface area (Å²) < 4.78 is 43.0. The molecule has 0 N–H and O–H groups in total. The van der Waals surface area contributed by atoms with Crippen LogP contribution in [0, 0.1) is 0 Å². The van der Waals surface area contributed by atoms with Gasteiger partial charge in [0, 0.05) is 5.33 Å². The number of ether oxygens (including phenoxy) is 6. The van der Waals surface area contributed by atoms with Gasteiger partial charge >= 0.3 is 0 Å². The van der Waals surface area contributed by atoms with Gasteiger partial charge in [0.05, 0.1) is 79.3 Å². The van der Waals surface area contributed by atoms with E-state index in [1.807, 2.05) is 0 Å². The molecule has 134 valence electrons. The first-order chi connectivity index (χ1) is 10.9. The number of alkyl halides is 2. The van der Waals surface area contributed by atoms with E-state index in [4.69, 9.17) is 28.4 Å². The highest BCUT2D eigenvalue weighted by Crippen LogP contribution is 1.85. The molecular formula is C14H28BrFO6. The third-order valence-electron chi connectivity index (χ3n) is 2.30. The number of rotatable bonds is 19. The Morgan fingerprint density at radius 3 is 1.00 bits per heavy atom. The summed E-state index contributed by atoms with van der Waals surface area (Å²) in [7, 11) is 0. The molecule has 0 aromatic heterocycles. The fraction of sp³-hybridized carbons (Fsp3) is 1.00. The minimum atomic E-state index is -0.459. The average Bonchev–Trinajstić information content (AvgIpc) is 2.54. The third kappa shape index (κ3) is 20.2. The van der Waals surface area contributed by atoms with E-state index in [9.17, 15) is 4.39 Å². The zero-order valence-corrected chi connectivity index (χ0v) is 14.7. The van der Waals surface area contributed by atoms with E-state index >= 15 is 0 Å². The Morgan fingerprint density at radius 2 is 0.727 bits per heavy atom. The van der Waals surface area contributed by atoms with Gasteiger partial charge in [-0.25, -0.2) is 4.39 Å². The largest absolute Gasteiger partial charge is 0.378 e. The molecule has 0 aliphatic rings. The molecule has 8 heteroatoms. The van der Waals surface area contributed by atoms with Crippen molar-refractivity contribution in [3.05, 3.63) is 0 Å². The maximum absolute atomic E-state index is 11.7. The molecule has 0 spiro atoms. The highest BCUT2D eigenvalue weighted by Gasteiger charge is 1.93. The minimum absolute atomic E-state index is 0.130. The van der Waals surface area contributed by atoms with E-state index in [1.165, 1.54) is 0 Å². The van der Waals surface area contributed by atoms with Gasteiger partial charge in [-0.05, 0) is 0 Å². The second-order valence-corrected chi connectivity index (χ2v) is 4.85. The molecule has 0 rings (SSSR count).